The third-order valence-electron chi connectivity index (χ3n) is 3.89. The van der Waals surface area contributed by atoms with Crippen LogP contribution in [0.4, 0.5) is 20.2 Å². The second-order valence-electron chi connectivity index (χ2n) is 5.64. The average Bonchev–Trinajstić information content (AvgIpc) is 3.08. The molecule has 1 amide bonds. The third kappa shape index (κ3) is 3.89. The van der Waals surface area contributed by atoms with Crippen LogP contribution in [0.1, 0.15) is 23.2 Å². The largest absolute Gasteiger partial charge is 0.380 e. The first-order valence-corrected chi connectivity index (χ1v) is 7.84. The minimum absolute atomic E-state index is 0.0847. The standard InChI is InChI=1S/C18H18F2N2O2/c19-15-6-2-1-5-14(15)18(23)22-12-7-8-17(16(20)10-12)21-11-13-4-3-9-24-13/h1-2,5-8,10,13,21H,3-4,9,11H2,(H,22,23)/t13-/m1/s1. The van der Waals surface area contributed by atoms with Crippen molar-refractivity contribution in [1.82, 2.24) is 0 Å². The maximum absolute atomic E-state index is 14.1. The molecule has 2 N–H and O–H groups in total. The van der Waals surface area contributed by atoms with Gasteiger partial charge in [0, 0.05) is 18.8 Å². The molecule has 24 heavy (non-hydrogen) atoms. The van der Waals surface area contributed by atoms with Crippen molar-refractivity contribution in [1.29, 1.82) is 0 Å². The molecule has 0 spiro atoms. The van der Waals surface area contributed by atoms with Gasteiger partial charge in [0.15, 0.2) is 0 Å². The van der Waals surface area contributed by atoms with Crippen LogP contribution in [-0.4, -0.2) is 25.2 Å². The molecule has 6 heteroatoms. The molecule has 1 aliphatic rings. The number of rotatable bonds is 5. The number of nitrogens with one attached hydrogen (secondary N) is 2. The Balaban J connectivity index is 1.63. The highest BCUT2D eigenvalue weighted by Crippen LogP contribution is 2.21. The summed E-state index contributed by atoms with van der Waals surface area (Å²) in [5.41, 5.74) is 0.524. The maximum atomic E-state index is 14.1. The third-order valence-corrected chi connectivity index (χ3v) is 3.89. The van der Waals surface area contributed by atoms with Crippen LogP contribution >= 0.6 is 0 Å². The molecule has 2 aromatic rings. The fourth-order valence-corrected chi connectivity index (χ4v) is 2.61. The van der Waals surface area contributed by atoms with Crippen LogP contribution in [0.3, 0.4) is 0 Å². The summed E-state index contributed by atoms with van der Waals surface area (Å²) >= 11 is 0. The average molecular weight is 332 g/mol. The lowest BCUT2D eigenvalue weighted by atomic mass is 10.2. The second kappa shape index (κ2) is 7.40. The Morgan fingerprint density at radius 2 is 2.00 bits per heavy atom. The molecule has 0 aromatic heterocycles. The molecular weight excluding hydrogens is 314 g/mol. The van der Waals surface area contributed by atoms with Crippen molar-refractivity contribution in [2.75, 3.05) is 23.8 Å². The van der Waals surface area contributed by atoms with Gasteiger partial charge in [-0.05, 0) is 43.2 Å². The number of amides is 1. The van der Waals surface area contributed by atoms with Gasteiger partial charge in [0.1, 0.15) is 11.6 Å². The van der Waals surface area contributed by atoms with E-state index in [4.69, 9.17) is 4.74 Å². The summed E-state index contributed by atoms with van der Waals surface area (Å²) < 4.78 is 33.2. The van der Waals surface area contributed by atoms with Gasteiger partial charge in [0.25, 0.3) is 5.91 Å². The summed E-state index contributed by atoms with van der Waals surface area (Å²) in [5.74, 6) is -1.72. The normalized spacial score (nSPS) is 16.8. The summed E-state index contributed by atoms with van der Waals surface area (Å²) in [6.45, 7) is 1.29. The van der Waals surface area contributed by atoms with E-state index in [1.165, 1.54) is 24.3 Å². The molecule has 1 atom stereocenters. The van der Waals surface area contributed by atoms with Gasteiger partial charge in [0.2, 0.25) is 0 Å². The molecule has 0 unspecified atom stereocenters. The van der Waals surface area contributed by atoms with E-state index < -0.39 is 17.5 Å². The van der Waals surface area contributed by atoms with Crippen LogP contribution in [0.2, 0.25) is 0 Å². The van der Waals surface area contributed by atoms with E-state index in [9.17, 15) is 13.6 Å². The molecule has 2 aromatic carbocycles. The molecule has 0 saturated carbocycles. The van der Waals surface area contributed by atoms with Crippen molar-refractivity contribution >= 4 is 17.3 Å². The van der Waals surface area contributed by atoms with E-state index >= 15 is 0 Å². The van der Waals surface area contributed by atoms with Gasteiger partial charge < -0.3 is 15.4 Å². The fourth-order valence-electron chi connectivity index (χ4n) is 2.61. The number of halogens is 2. The van der Waals surface area contributed by atoms with Crippen LogP contribution in [-0.2, 0) is 4.74 Å². The van der Waals surface area contributed by atoms with Crippen molar-refractivity contribution in [2.24, 2.45) is 0 Å². The minimum atomic E-state index is -0.620. The first-order valence-electron chi connectivity index (χ1n) is 7.84. The number of hydrogen-bond acceptors (Lipinski definition) is 3. The van der Waals surface area contributed by atoms with Gasteiger partial charge in [-0.1, -0.05) is 12.1 Å². The van der Waals surface area contributed by atoms with Gasteiger partial charge in [-0.3, -0.25) is 4.79 Å². The lowest BCUT2D eigenvalue weighted by Crippen LogP contribution is -2.19. The maximum Gasteiger partial charge on any atom is 0.258 e. The molecule has 0 bridgehead atoms. The summed E-state index contributed by atoms with van der Waals surface area (Å²) in [7, 11) is 0. The van der Waals surface area contributed by atoms with Crippen LogP contribution in [0, 0.1) is 11.6 Å². The monoisotopic (exact) mass is 332 g/mol. The predicted octanol–water partition coefficient (Wildman–Crippen LogP) is 3.81. The number of benzene rings is 2. The number of hydrogen-bond donors (Lipinski definition) is 2. The lowest BCUT2D eigenvalue weighted by Gasteiger charge is -2.13. The molecule has 0 radical (unpaired) electrons. The first-order chi connectivity index (χ1) is 11.6. The highest BCUT2D eigenvalue weighted by atomic mass is 19.1. The van der Waals surface area contributed by atoms with E-state index in [2.05, 4.69) is 10.6 Å². The van der Waals surface area contributed by atoms with Crippen molar-refractivity contribution in [3.8, 4) is 0 Å². The SMILES string of the molecule is O=C(Nc1ccc(NC[C@H]2CCCO2)c(F)c1)c1ccccc1F. The molecule has 1 fully saturated rings. The zero-order chi connectivity index (χ0) is 16.9. The van der Waals surface area contributed by atoms with Gasteiger partial charge in [0.05, 0.1) is 17.4 Å². The summed E-state index contributed by atoms with van der Waals surface area (Å²) in [6, 6.07) is 9.96. The molecule has 0 aliphatic carbocycles. The topological polar surface area (TPSA) is 50.4 Å². The zero-order valence-electron chi connectivity index (χ0n) is 13.0. The van der Waals surface area contributed by atoms with Gasteiger partial charge in [-0.15, -0.1) is 0 Å². The van der Waals surface area contributed by atoms with Gasteiger partial charge in [-0.2, -0.15) is 0 Å². The number of carbonyl (C=O) groups excluding carboxylic acids is 1. The smallest absolute Gasteiger partial charge is 0.258 e. The van der Waals surface area contributed by atoms with E-state index in [1.54, 1.807) is 18.2 Å². The molecule has 1 heterocycles. The first kappa shape index (κ1) is 16.4. The highest BCUT2D eigenvalue weighted by Gasteiger charge is 2.16. The summed E-state index contributed by atoms with van der Waals surface area (Å²) in [6.07, 6.45) is 2.09. The Labute approximate surface area is 138 Å². The summed E-state index contributed by atoms with van der Waals surface area (Å²) in [4.78, 5) is 12.0. The Bertz CT molecular complexity index is 731. The van der Waals surface area contributed by atoms with E-state index in [1.807, 2.05) is 0 Å². The molecule has 126 valence electrons. The van der Waals surface area contributed by atoms with Crippen LogP contribution < -0.4 is 10.6 Å². The van der Waals surface area contributed by atoms with Crippen molar-refractivity contribution in [3.63, 3.8) is 0 Å². The Morgan fingerprint density at radius 1 is 1.17 bits per heavy atom. The Kier molecular flexibility index (Phi) is 5.05. The zero-order valence-corrected chi connectivity index (χ0v) is 13.0. The molecule has 1 aliphatic heterocycles. The van der Waals surface area contributed by atoms with Gasteiger partial charge in [-0.25, -0.2) is 8.78 Å². The van der Waals surface area contributed by atoms with Crippen LogP contribution in [0.15, 0.2) is 42.5 Å². The number of anilines is 2. The Hall–Kier alpha value is -2.47. The number of ether oxygens (including phenoxy) is 1. The highest BCUT2D eigenvalue weighted by molar-refractivity contribution is 6.04. The Morgan fingerprint density at radius 3 is 2.71 bits per heavy atom. The molecule has 3 rings (SSSR count). The lowest BCUT2D eigenvalue weighted by molar-refractivity contribution is 0.102. The van der Waals surface area contributed by atoms with E-state index in [0.29, 0.717) is 12.2 Å². The molecular formula is C18H18F2N2O2. The quantitative estimate of drug-likeness (QED) is 0.875. The van der Waals surface area contributed by atoms with E-state index in [-0.39, 0.29) is 17.4 Å². The van der Waals surface area contributed by atoms with Crippen molar-refractivity contribution in [2.45, 2.75) is 18.9 Å². The molecule has 4 nitrogen and oxygen atoms in total. The second-order valence-corrected chi connectivity index (χ2v) is 5.64. The summed E-state index contributed by atoms with van der Waals surface area (Å²) in [5, 5.41) is 5.50. The van der Waals surface area contributed by atoms with Gasteiger partial charge >= 0.3 is 0 Å². The fraction of sp³-hybridized carbons (Fsp3) is 0.278. The van der Waals surface area contributed by atoms with Crippen molar-refractivity contribution in [3.05, 3.63) is 59.7 Å². The van der Waals surface area contributed by atoms with Crippen molar-refractivity contribution < 1.29 is 18.3 Å². The minimum Gasteiger partial charge on any atom is -0.380 e. The molecule has 1 saturated heterocycles. The predicted molar refractivity (Wildman–Crippen MR) is 88.2 cm³/mol. The van der Waals surface area contributed by atoms with Crippen LogP contribution in [0.5, 0.6) is 0 Å². The number of carbonyl (C=O) groups is 1. The van der Waals surface area contributed by atoms with Crippen LogP contribution in [0.25, 0.3) is 0 Å². The van der Waals surface area contributed by atoms with E-state index in [0.717, 1.165) is 19.4 Å².